The molecule has 1 amide bonds. The number of amides is 1. The number of nitrogens with one attached hydrogen (secondary N) is 2. The van der Waals surface area contributed by atoms with Crippen molar-refractivity contribution in [2.45, 2.75) is 40.2 Å². The number of ketones is 1. The lowest BCUT2D eigenvalue weighted by Crippen LogP contribution is -2.31. The van der Waals surface area contributed by atoms with E-state index in [1.54, 1.807) is 0 Å². The third-order valence-corrected chi connectivity index (χ3v) is 3.79. The second-order valence-corrected chi connectivity index (χ2v) is 6.56. The van der Waals surface area contributed by atoms with E-state index in [4.69, 9.17) is 18.9 Å². The Morgan fingerprint density at radius 2 is 1.33 bits per heavy atom. The molecule has 0 aromatic rings. The van der Waals surface area contributed by atoms with Crippen molar-refractivity contribution >= 4 is 11.7 Å². The quantitative estimate of drug-likeness (QED) is 0.315. The molecule has 0 rings (SSSR count). The van der Waals surface area contributed by atoms with Crippen LogP contribution in [-0.2, 0) is 28.5 Å². The lowest BCUT2D eigenvalue weighted by Gasteiger charge is -2.11. The van der Waals surface area contributed by atoms with Gasteiger partial charge in [-0.1, -0.05) is 20.8 Å². The lowest BCUT2D eigenvalue weighted by molar-refractivity contribution is -0.128. The molecule has 0 aliphatic carbocycles. The first-order chi connectivity index (χ1) is 13.0. The van der Waals surface area contributed by atoms with Gasteiger partial charge in [0.1, 0.15) is 13.2 Å². The van der Waals surface area contributed by atoms with Crippen LogP contribution in [0.2, 0.25) is 0 Å². The highest BCUT2D eigenvalue weighted by Crippen LogP contribution is 1.94. The zero-order valence-electron chi connectivity index (χ0n) is 17.4. The minimum Gasteiger partial charge on any atom is -0.378 e. The molecular weight excluding hydrogens is 352 g/mol. The van der Waals surface area contributed by atoms with E-state index in [0.717, 1.165) is 13.0 Å². The Bertz CT molecular complexity index is 379. The predicted molar refractivity (Wildman–Crippen MR) is 104 cm³/mol. The molecule has 8 nitrogen and oxygen atoms in total. The number of carbonyl (C=O) groups is 2. The van der Waals surface area contributed by atoms with Crippen LogP contribution in [0.25, 0.3) is 0 Å². The van der Waals surface area contributed by atoms with E-state index in [2.05, 4.69) is 24.5 Å². The van der Waals surface area contributed by atoms with Crippen LogP contribution in [0, 0.1) is 5.92 Å². The van der Waals surface area contributed by atoms with Crippen molar-refractivity contribution in [3.63, 3.8) is 0 Å². The molecule has 0 aromatic carbocycles. The molecule has 0 heterocycles. The highest BCUT2D eigenvalue weighted by molar-refractivity contribution is 5.81. The molecule has 0 spiro atoms. The van der Waals surface area contributed by atoms with Gasteiger partial charge in [-0.25, -0.2) is 0 Å². The van der Waals surface area contributed by atoms with Crippen LogP contribution < -0.4 is 10.6 Å². The molecule has 0 aliphatic rings. The molecule has 2 N–H and O–H groups in total. The van der Waals surface area contributed by atoms with Crippen molar-refractivity contribution < 1.29 is 28.5 Å². The Labute approximate surface area is 163 Å². The fraction of sp³-hybridized carbons (Fsp3) is 0.895. The third kappa shape index (κ3) is 18.1. The summed E-state index contributed by atoms with van der Waals surface area (Å²) < 4.78 is 21.2. The molecular formula is C19H38N2O6. The van der Waals surface area contributed by atoms with Gasteiger partial charge in [0.25, 0.3) is 0 Å². The Hall–Kier alpha value is -1.06. The molecule has 27 heavy (non-hydrogen) atoms. The smallest absolute Gasteiger partial charge is 0.246 e. The van der Waals surface area contributed by atoms with Gasteiger partial charge in [-0.2, -0.15) is 0 Å². The number of ether oxygens (including phenoxy) is 4. The molecule has 0 aliphatic heterocycles. The molecule has 1 atom stereocenters. The summed E-state index contributed by atoms with van der Waals surface area (Å²) in [6.45, 7) is 11.9. The monoisotopic (exact) mass is 390 g/mol. The van der Waals surface area contributed by atoms with Gasteiger partial charge in [0.2, 0.25) is 5.91 Å². The standard InChI is InChI=1S/C19H38N2O6/c1-5-17(4)20-6-8-24-11-13-27-15-19(23)21-7-9-25-10-12-26-14-18(22)16(2)3/h16-17,20H,5-15H2,1-4H3,(H,21,23). The molecule has 8 heteroatoms. The largest absolute Gasteiger partial charge is 0.378 e. The maximum Gasteiger partial charge on any atom is 0.246 e. The topological polar surface area (TPSA) is 95.1 Å². The van der Waals surface area contributed by atoms with Crippen LogP contribution in [0.3, 0.4) is 0 Å². The van der Waals surface area contributed by atoms with Crippen molar-refractivity contribution in [2.24, 2.45) is 5.92 Å². The summed E-state index contributed by atoms with van der Waals surface area (Å²) in [7, 11) is 0. The molecule has 1 unspecified atom stereocenters. The van der Waals surface area contributed by atoms with E-state index in [1.165, 1.54) is 0 Å². The second-order valence-electron chi connectivity index (χ2n) is 6.56. The Morgan fingerprint density at radius 1 is 0.778 bits per heavy atom. The van der Waals surface area contributed by atoms with Crippen LogP contribution in [0.5, 0.6) is 0 Å². The van der Waals surface area contributed by atoms with E-state index in [0.29, 0.717) is 52.2 Å². The van der Waals surface area contributed by atoms with E-state index in [-0.39, 0.29) is 30.8 Å². The van der Waals surface area contributed by atoms with Gasteiger partial charge in [-0.3, -0.25) is 9.59 Å². The van der Waals surface area contributed by atoms with Crippen LogP contribution in [0.15, 0.2) is 0 Å². The van der Waals surface area contributed by atoms with Gasteiger partial charge in [-0.05, 0) is 13.3 Å². The van der Waals surface area contributed by atoms with Crippen molar-refractivity contribution in [1.29, 1.82) is 0 Å². The lowest BCUT2D eigenvalue weighted by atomic mass is 10.1. The minimum absolute atomic E-state index is 0.00883. The van der Waals surface area contributed by atoms with Crippen molar-refractivity contribution in [1.82, 2.24) is 10.6 Å². The average Bonchev–Trinajstić information content (AvgIpc) is 2.65. The predicted octanol–water partition coefficient (Wildman–Crippen LogP) is 0.782. The number of rotatable bonds is 19. The first-order valence-corrected chi connectivity index (χ1v) is 9.81. The fourth-order valence-corrected chi connectivity index (χ4v) is 1.78. The zero-order valence-corrected chi connectivity index (χ0v) is 17.4. The molecule has 0 saturated carbocycles. The van der Waals surface area contributed by atoms with Gasteiger partial charge in [0.05, 0.1) is 39.6 Å². The summed E-state index contributed by atoms with van der Waals surface area (Å²) >= 11 is 0. The minimum atomic E-state index is -0.184. The van der Waals surface area contributed by atoms with Crippen LogP contribution >= 0.6 is 0 Å². The van der Waals surface area contributed by atoms with E-state index in [1.807, 2.05) is 13.8 Å². The first kappa shape index (κ1) is 25.9. The number of hydrogen-bond donors (Lipinski definition) is 2. The summed E-state index contributed by atoms with van der Waals surface area (Å²) in [5.74, 6) is -0.118. The highest BCUT2D eigenvalue weighted by atomic mass is 16.5. The molecule has 160 valence electrons. The maximum atomic E-state index is 11.6. The van der Waals surface area contributed by atoms with Crippen molar-refractivity contribution in [2.75, 3.05) is 65.9 Å². The fourth-order valence-electron chi connectivity index (χ4n) is 1.78. The molecule has 0 radical (unpaired) electrons. The summed E-state index contributed by atoms with van der Waals surface area (Å²) in [5.41, 5.74) is 0. The summed E-state index contributed by atoms with van der Waals surface area (Å²) in [6.07, 6.45) is 1.09. The van der Waals surface area contributed by atoms with Crippen LogP contribution in [0.1, 0.15) is 34.1 Å². The van der Waals surface area contributed by atoms with Crippen molar-refractivity contribution in [3.05, 3.63) is 0 Å². The number of carbonyl (C=O) groups excluding carboxylic acids is 2. The van der Waals surface area contributed by atoms with Gasteiger partial charge in [-0.15, -0.1) is 0 Å². The van der Waals surface area contributed by atoms with Gasteiger partial charge < -0.3 is 29.6 Å². The first-order valence-electron chi connectivity index (χ1n) is 9.81. The van der Waals surface area contributed by atoms with Crippen LogP contribution in [0.4, 0.5) is 0 Å². The van der Waals surface area contributed by atoms with E-state index in [9.17, 15) is 9.59 Å². The van der Waals surface area contributed by atoms with E-state index >= 15 is 0 Å². The Balaban J connectivity index is 3.27. The molecule has 0 fully saturated rings. The van der Waals surface area contributed by atoms with Gasteiger partial charge in [0.15, 0.2) is 5.78 Å². The maximum absolute atomic E-state index is 11.6. The van der Waals surface area contributed by atoms with Gasteiger partial charge in [0, 0.05) is 25.0 Å². The molecule has 0 bridgehead atoms. The summed E-state index contributed by atoms with van der Waals surface area (Å²) in [4.78, 5) is 22.9. The Morgan fingerprint density at radius 3 is 1.93 bits per heavy atom. The van der Waals surface area contributed by atoms with Gasteiger partial charge >= 0.3 is 0 Å². The number of hydrogen-bond acceptors (Lipinski definition) is 7. The number of Topliss-reactive ketones (excluding diaryl/α,β-unsaturated/α-hetero) is 1. The Kier molecular flexibility index (Phi) is 17.6. The zero-order chi connectivity index (χ0) is 20.3. The highest BCUT2D eigenvalue weighted by Gasteiger charge is 2.06. The van der Waals surface area contributed by atoms with E-state index < -0.39 is 0 Å². The van der Waals surface area contributed by atoms with Crippen molar-refractivity contribution in [3.8, 4) is 0 Å². The SMILES string of the molecule is CCC(C)NCCOCCOCC(=O)NCCOCCOCC(=O)C(C)C. The van der Waals surface area contributed by atoms with Crippen LogP contribution in [-0.4, -0.2) is 83.7 Å². The second kappa shape index (κ2) is 18.3. The molecule has 0 aromatic heterocycles. The third-order valence-electron chi connectivity index (χ3n) is 3.79. The summed E-state index contributed by atoms with van der Waals surface area (Å²) in [6, 6.07) is 0.499. The molecule has 0 saturated heterocycles. The average molecular weight is 391 g/mol. The summed E-state index contributed by atoms with van der Waals surface area (Å²) in [5, 5.41) is 6.03. The normalized spacial score (nSPS) is 12.3.